The summed E-state index contributed by atoms with van der Waals surface area (Å²) in [5.41, 5.74) is 7.28. The summed E-state index contributed by atoms with van der Waals surface area (Å²) in [7, 11) is -3.06. The summed E-state index contributed by atoms with van der Waals surface area (Å²) in [6.45, 7) is 0. The molecule has 2 N–H and O–H groups in total. The number of hydrogen-bond donors (Lipinski definition) is 1. The van der Waals surface area contributed by atoms with Gasteiger partial charge in [0.2, 0.25) is 0 Å². The lowest BCUT2D eigenvalue weighted by Crippen LogP contribution is -2.37. The number of nitrogens with two attached hydrogens (primary N) is 1. The molecule has 0 spiro atoms. The third-order valence-electron chi connectivity index (χ3n) is 4.21. The molecule has 1 saturated heterocycles. The SMILES string of the molecule is NC(c1cccc2ccccc12)C1CCCCS1(=O)=O. The summed E-state index contributed by atoms with van der Waals surface area (Å²) < 4.78 is 24.5. The maximum atomic E-state index is 12.3. The Hall–Kier alpha value is -1.39. The quantitative estimate of drug-likeness (QED) is 0.924. The van der Waals surface area contributed by atoms with Gasteiger partial charge in [0.1, 0.15) is 0 Å². The third kappa shape index (κ3) is 2.34. The van der Waals surface area contributed by atoms with Crippen molar-refractivity contribution in [3.05, 3.63) is 48.0 Å². The maximum absolute atomic E-state index is 12.3. The number of sulfone groups is 1. The molecule has 0 aliphatic carbocycles. The monoisotopic (exact) mass is 289 g/mol. The van der Waals surface area contributed by atoms with Crippen molar-refractivity contribution in [2.45, 2.75) is 30.6 Å². The van der Waals surface area contributed by atoms with Crippen molar-refractivity contribution in [1.82, 2.24) is 0 Å². The Kier molecular flexibility index (Phi) is 3.52. The first-order valence-electron chi connectivity index (χ1n) is 7.04. The van der Waals surface area contributed by atoms with Crippen LogP contribution in [0.1, 0.15) is 30.9 Å². The van der Waals surface area contributed by atoms with Crippen molar-refractivity contribution < 1.29 is 8.42 Å². The Labute approximate surface area is 119 Å². The Morgan fingerprint density at radius 3 is 2.60 bits per heavy atom. The molecular formula is C16H19NO2S. The second-order valence-electron chi connectivity index (χ2n) is 5.50. The highest BCUT2D eigenvalue weighted by atomic mass is 32.2. The molecule has 0 aromatic heterocycles. The number of hydrogen-bond acceptors (Lipinski definition) is 3. The molecule has 0 amide bonds. The van der Waals surface area contributed by atoms with Gasteiger partial charge in [0, 0.05) is 6.04 Å². The zero-order valence-electron chi connectivity index (χ0n) is 11.3. The predicted molar refractivity (Wildman–Crippen MR) is 82.3 cm³/mol. The molecule has 3 nitrogen and oxygen atoms in total. The van der Waals surface area contributed by atoms with Crippen molar-refractivity contribution in [2.75, 3.05) is 5.75 Å². The lowest BCUT2D eigenvalue weighted by atomic mass is 9.95. The zero-order valence-corrected chi connectivity index (χ0v) is 12.1. The van der Waals surface area contributed by atoms with Crippen molar-refractivity contribution in [1.29, 1.82) is 0 Å². The van der Waals surface area contributed by atoms with Gasteiger partial charge in [-0.2, -0.15) is 0 Å². The third-order valence-corrected chi connectivity index (χ3v) is 6.52. The highest BCUT2D eigenvalue weighted by molar-refractivity contribution is 7.92. The molecule has 1 heterocycles. The van der Waals surface area contributed by atoms with Gasteiger partial charge in [-0.05, 0) is 29.2 Å². The highest BCUT2D eigenvalue weighted by Crippen LogP contribution is 2.32. The maximum Gasteiger partial charge on any atom is 0.155 e. The van der Waals surface area contributed by atoms with Crippen LogP contribution in [0.25, 0.3) is 10.8 Å². The summed E-state index contributed by atoms with van der Waals surface area (Å²) in [6, 6.07) is 13.5. The molecule has 20 heavy (non-hydrogen) atoms. The minimum Gasteiger partial charge on any atom is -0.323 e. The van der Waals surface area contributed by atoms with Gasteiger partial charge in [0.25, 0.3) is 0 Å². The first kappa shape index (κ1) is 13.6. The molecule has 0 bridgehead atoms. The van der Waals surface area contributed by atoms with Crippen molar-refractivity contribution in [3.63, 3.8) is 0 Å². The van der Waals surface area contributed by atoms with E-state index in [4.69, 9.17) is 5.73 Å². The molecule has 2 aromatic rings. The van der Waals surface area contributed by atoms with Crippen molar-refractivity contribution in [2.24, 2.45) is 5.73 Å². The molecule has 4 heteroatoms. The Morgan fingerprint density at radius 1 is 1.05 bits per heavy atom. The second-order valence-corrected chi connectivity index (χ2v) is 7.83. The van der Waals surface area contributed by atoms with E-state index < -0.39 is 21.1 Å². The lowest BCUT2D eigenvalue weighted by molar-refractivity contribution is 0.506. The van der Waals surface area contributed by atoms with Crippen LogP contribution in [0.3, 0.4) is 0 Å². The zero-order chi connectivity index (χ0) is 14.2. The van der Waals surface area contributed by atoms with Gasteiger partial charge >= 0.3 is 0 Å². The molecule has 2 unspecified atom stereocenters. The molecule has 1 fully saturated rings. The Morgan fingerprint density at radius 2 is 1.80 bits per heavy atom. The summed E-state index contributed by atoms with van der Waals surface area (Å²) in [5, 5.41) is 1.72. The van der Waals surface area contributed by atoms with Crippen LogP contribution in [0.2, 0.25) is 0 Å². The van der Waals surface area contributed by atoms with Crippen LogP contribution < -0.4 is 5.73 Å². The second kappa shape index (κ2) is 5.19. The minimum atomic E-state index is -3.06. The first-order chi connectivity index (χ1) is 9.59. The van der Waals surface area contributed by atoms with Crippen molar-refractivity contribution in [3.8, 4) is 0 Å². The Balaban J connectivity index is 2.06. The summed E-state index contributed by atoms with van der Waals surface area (Å²) in [4.78, 5) is 0. The predicted octanol–water partition coefficient (Wildman–Crippen LogP) is 2.81. The lowest BCUT2D eigenvalue weighted by Gasteiger charge is -2.28. The average Bonchev–Trinajstić information content (AvgIpc) is 2.45. The molecule has 0 radical (unpaired) electrons. The van der Waals surface area contributed by atoms with E-state index in [0.717, 1.165) is 29.2 Å². The molecule has 2 aromatic carbocycles. The molecule has 3 rings (SSSR count). The van der Waals surface area contributed by atoms with Crippen LogP contribution in [-0.2, 0) is 9.84 Å². The van der Waals surface area contributed by atoms with Crippen molar-refractivity contribution >= 4 is 20.6 Å². The Bertz CT molecular complexity index is 719. The normalized spacial score (nSPS) is 23.6. The van der Waals surface area contributed by atoms with Crippen LogP contribution in [0, 0.1) is 0 Å². The van der Waals surface area contributed by atoms with Gasteiger partial charge in [-0.1, -0.05) is 48.9 Å². The fourth-order valence-electron chi connectivity index (χ4n) is 3.12. The summed E-state index contributed by atoms with van der Waals surface area (Å²) >= 11 is 0. The van der Waals surface area contributed by atoms with Crippen LogP contribution in [0.4, 0.5) is 0 Å². The molecule has 0 saturated carbocycles. The number of rotatable bonds is 2. The molecule has 1 aliphatic rings. The summed E-state index contributed by atoms with van der Waals surface area (Å²) in [5.74, 6) is 0.274. The van der Waals surface area contributed by atoms with Crippen LogP contribution in [-0.4, -0.2) is 19.4 Å². The van der Waals surface area contributed by atoms with Gasteiger partial charge in [0.05, 0.1) is 11.0 Å². The standard InChI is InChI=1S/C16H19NO2S/c17-16(15-10-3-4-11-20(15,18)19)14-9-5-7-12-6-1-2-8-13(12)14/h1-2,5-9,15-16H,3-4,10-11,17H2. The fourth-order valence-corrected chi connectivity index (χ4v) is 5.15. The van der Waals surface area contributed by atoms with Gasteiger partial charge in [0.15, 0.2) is 9.84 Å². The van der Waals surface area contributed by atoms with Gasteiger partial charge in [-0.3, -0.25) is 0 Å². The van der Waals surface area contributed by atoms with Gasteiger partial charge < -0.3 is 5.73 Å². The molecular weight excluding hydrogens is 270 g/mol. The average molecular weight is 289 g/mol. The first-order valence-corrected chi connectivity index (χ1v) is 8.76. The van der Waals surface area contributed by atoms with E-state index in [2.05, 4.69) is 0 Å². The van der Waals surface area contributed by atoms with Crippen LogP contribution in [0.15, 0.2) is 42.5 Å². The van der Waals surface area contributed by atoms with Crippen LogP contribution in [0.5, 0.6) is 0 Å². The van der Waals surface area contributed by atoms with E-state index in [0.29, 0.717) is 6.42 Å². The fraction of sp³-hybridized carbons (Fsp3) is 0.375. The van der Waals surface area contributed by atoms with E-state index in [1.807, 2.05) is 42.5 Å². The van der Waals surface area contributed by atoms with Crippen LogP contribution >= 0.6 is 0 Å². The topological polar surface area (TPSA) is 60.2 Å². The van der Waals surface area contributed by atoms with E-state index in [1.54, 1.807) is 0 Å². The number of fused-ring (bicyclic) bond motifs is 1. The van der Waals surface area contributed by atoms with E-state index in [-0.39, 0.29) is 5.75 Å². The number of benzene rings is 2. The smallest absolute Gasteiger partial charge is 0.155 e. The summed E-state index contributed by atoms with van der Waals surface area (Å²) in [6.07, 6.45) is 2.39. The minimum absolute atomic E-state index is 0.274. The van der Waals surface area contributed by atoms with E-state index >= 15 is 0 Å². The van der Waals surface area contributed by atoms with Gasteiger partial charge in [-0.15, -0.1) is 0 Å². The molecule has 106 valence electrons. The molecule has 2 atom stereocenters. The van der Waals surface area contributed by atoms with Gasteiger partial charge in [-0.25, -0.2) is 8.42 Å². The molecule has 1 aliphatic heterocycles. The van der Waals surface area contributed by atoms with E-state index in [9.17, 15) is 8.42 Å². The highest BCUT2D eigenvalue weighted by Gasteiger charge is 2.34. The largest absolute Gasteiger partial charge is 0.323 e. The van der Waals surface area contributed by atoms with E-state index in [1.165, 1.54) is 0 Å².